The molecule has 14 rings (SSSR count). The number of aromatic nitrogens is 6. The molecule has 8 aromatic carbocycles. The van der Waals surface area contributed by atoms with Crippen LogP contribution < -0.4 is 0 Å². The van der Waals surface area contributed by atoms with E-state index in [1.807, 2.05) is 60.9 Å². The van der Waals surface area contributed by atoms with Crippen LogP contribution in [-0.4, -0.2) is 29.5 Å². The van der Waals surface area contributed by atoms with Crippen molar-refractivity contribution >= 4 is 38.6 Å². The lowest BCUT2D eigenvalue weighted by Gasteiger charge is -2.31. The number of allylic oxidation sites excluding steroid dienone is 8. The average Bonchev–Trinajstić information content (AvgIpc) is 4.00. The van der Waals surface area contributed by atoms with E-state index in [0.717, 1.165) is 62.0 Å². The standard InChI is InChI=1S/C73H52N6/c1-6-18-49(19-7-1)54-30-34-56(35-31-54)63-45-61(71-76-72(66-41-38-59(47-74-66)52-24-12-4-13-25-52)78-73(77-71)67-42-39-60(48-75-67)53-26-14-5-15-27-53)46-64(57-36-32-55(33-37-57)50-20-8-2-9-21-50)70(63)79-68-29-17-16-28-62(68)65-44-58(40-43-69(65)79)51-22-10-3-11-23-51/h1-20,22-45,47-48,50,64H,21,46H2. The zero-order chi connectivity index (χ0) is 52.5. The summed E-state index contributed by atoms with van der Waals surface area (Å²) in [4.78, 5) is 26.0. The van der Waals surface area contributed by atoms with Gasteiger partial charge in [-0.3, -0.25) is 9.97 Å². The molecule has 2 aliphatic rings. The van der Waals surface area contributed by atoms with Crippen molar-refractivity contribution < 1.29 is 0 Å². The van der Waals surface area contributed by atoms with Gasteiger partial charge in [-0.25, -0.2) is 15.0 Å². The third-order valence-electron chi connectivity index (χ3n) is 15.5. The van der Waals surface area contributed by atoms with E-state index < -0.39 is 0 Å². The van der Waals surface area contributed by atoms with Gasteiger partial charge in [-0.15, -0.1) is 0 Å². The van der Waals surface area contributed by atoms with Crippen LogP contribution in [0.5, 0.6) is 0 Å². The molecule has 4 heterocycles. The number of para-hydroxylation sites is 1. The molecular weight excluding hydrogens is 961 g/mol. The summed E-state index contributed by atoms with van der Waals surface area (Å²) < 4.78 is 2.54. The average molecular weight is 1010 g/mol. The molecule has 0 bridgehead atoms. The van der Waals surface area contributed by atoms with Gasteiger partial charge in [0.1, 0.15) is 11.4 Å². The first-order valence-corrected chi connectivity index (χ1v) is 27.1. The minimum atomic E-state index is -0.150. The molecule has 2 unspecified atom stereocenters. The van der Waals surface area contributed by atoms with Gasteiger partial charge in [0, 0.05) is 57.4 Å². The first-order chi connectivity index (χ1) is 39.1. The fourth-order valence-electron chi connectivity index (χ4n) is 11.5. The normalized spacial score (nSPS) is 15.2. The molecular formula is C73H52N6. The van der Waals surface area contributed by atoms with Gasteiger partial charge in [0.2, 0.25) is 0 Å². The predicted octanol–water partition coefficient (Wildman–Crippen LogP) is 18.0. The summed E-state index contributed by atoms with van der Waals surface area (Å²) in [6, 6.07) is 84.4. The number of benzene rings is 8. The lowest BCUT2D eigenvalue weighted by molar-refractivity contribution is 0.825. The van der Waals surface area contributed by atoms with E-state index in [9.17, 15) is 0 Å². The topological polar surface area (TPSA) is 69.4 Å². The van der Waals surface area contributed by atoms with E-state index >= 15 is 0 Å². The Kier molecular flexibility index (Phi) is 12.4. The maximum atomic E-state index is 5.41. The summed E-state index contributed by atoms with van der Waals surface area (Å²) in [5.74, 6) is 1.70. The Morgan fingerprint density at radius 3 is 1.43 bits per heavy atom. The minimum absolute atomic E-state index is 0.150. The van der Waals surface area contributed by atoms with Gasteiger partial charge >= 0.3 is 0 Å². The predicted molar refractivity (Wildman–Crippen MR) is 324 cm³/mol. The zero-order valence-corrected chi connectivity index (χ0v) is 43.3. The van der Waals surface area contributed by atoms with E-state index in [1.54, 1.807) is 0 Å². The zero-order valence-electron chi connectivity index (χ0n) is 43.3. The maximum absolute atomic E-state index is 5.41. The van der Waals surface area contributed by atoms with Crippen LogP contribution in [0.15, 0.2) is 279 Å². The largest absolute Gasteiger partial charge is 0.312 e. The monoisotopic (exact) mass is 1010 g/mol. The van der Waals surface area contributed by atoms with Gasteiger partial charge in [0.05, 0.1) is 11.0 Å². The van der Waals surface area contributed by atoms with Crippen molar-refractivity contribution in [2.24, 2.45) is 0 Å². The molecule has 6 nitrogen and oxygen atoms in total. The molecule has 0 radical (unpaired) electrons. The van der Waals surface area contributed by atoms with E-state index in [-0.39, 0.29) is 5.92 Å². The Morgan fingerprint density at radius 2 is 0.861 bits per heavy atom. The van der Waals surface area contributed by atoms with Crippen LogP contribution in [0.1, 0.15) is 47.2 Å². The second kappa shape index (κ2) is 20.7. The smallest absolute Gasteiger partial charge is 0.182 e. The van der Waals surface area contributed by atoms with Crippen molar-refractivity contribution in [3.63, 3.8) is 0 Å². The molecule has 2 atom stereocenters. The van der Waals surface area contributed by atoms with Gasteiger partial charge in [0.15, 0.2) is 17.5 Å². The second-order valence-electron chi connectivity index (χ2n) is 20.3. The quantitative estimate of drug-likeness (QED) is 0.129. The molecule has 0 N–H and O–H groups in total. The van der Waals surface area contributed by atoms with E-state index in [2.05, 4.69) is 223 Å². The first kappa shape index (κ1) is 47.3. The van der Waals surface area contributed by atoms with Crippen LogP contribution >= 0.6 is 0 Å². The number of pyridine rings is 2. The van der Waals surface area contributed by atoms with Gasteiger partial charge in [-0.1, -0.05) is 231 Å². The summed E-state index contributed by atoms with van der Waals surface area (Å²) in [5.41, 5.74) is 19.3. The number of hydrogen-bond acceptors (Lipinski definition) is 5. The van der Waals surface area contributed by atoms with Gasteiger partial charge in [-0.2, -0.15) is 0 Å². The first-order valence-electron chi connectivity index (χ1n) is 27.1. The molecule has 6 heteroatoms. The molecule has 4 aromatic heterocycles. The van der Waals surface area contributed by atoms with Crippen LogP contribution in [0.4, 0.5) is 0 Å². The fourth-order valence-corrected chi connectivity index (χ4v) is 11.5. The summed E-state index contributed by atoms with van der Waals surface area (Å²) in [5, 5.41) is 2.40. The fraction of sp³-hybridized carbons (Fsp3) is 0.0548. The van der Waals surface area contributed by atoms with E-state index in [0.29, 0.717) is 41.2 Å². The third kappa shape index (κ3) is 9.30. The Morgan fingerprint density at radius 1 is 0.380 bits per heavy atom. The van der Waals surface area contributed by atoms with Crippen molar-refractivity contribution in [1.29, 1.82) is 0 Å². The number of hydrogen-bond donors (Lipinski definition) is 0. The number of fused-ring (bicyclic) bond motifs is 3. The molecule has 0 aliphatic heterocycles. The van der Waals surface area contributed by atoms with Gasteiger partial charge < -0.3 is 4.57 Å². The van der Waals surface area contributed by atoms with Crippen LogP contribution in [0, 0.1) is 0 Å². The summed E-state index contributed by atoms with van der Waals surface area (Å²) in [7, 11) is 0. The van der Waals surface area contributed by atoms with Crippen molar-refractivity contribution in [2.75, 3.05) is 0 Å². The Balaban J connectivity index is 1.01. The highest BCUT2D eigenvalue weighted by Gasteiger charge is 2.32. The molecule has 374 valence electrons. The van der Waals surface area contributed by atoms with Crippen LogP contribution in [0.25, 0.3) is 106 Å². The summed E-state index contributed by atoms with van der Waals surface area (Å²) >= 11 is 0. The lowest BCUT2D eigenvalue weighted by atomic mass is 9.79. The third-order valence-corrected chi connectivity index (χ3v) is 15.5. The summed E-state index contributed by atoms with van der Waals surface area (Å²) in [6.07, 6.45) is 16.6. The highest BCUT2D eigenvalue weighted by atomic mass is 15.1. The van der Waals surface area contributed by atoms with Crippen molar-refractivity contribution in [3.8, 4) is 67.5 Å². The van der Waals surface area contributed by atoms with E-state index in [4.69, 9.17) is 24.9 Å². The highest BCUT2D eigenvalue weighted by molar-refractivity contribution is 6.14. The van der Waals surface area contributed by atoms with Crippen molar-refractivity contribution in [1.82, 2.24) is 29.5 Å². The molecule has 0 amide bonds. The molecule has 79 heavy (non-hydrogen) atoms. The Bertz CT molecular complexity index is 4190. The molecule has 0 spiro atoms. The lowest BCUT2D eigenvalue weighted by Crippen LogP contribution is -2.16. The van der Waals surface area contributed by atoms with Crippen molar-refractivity contribution in [3.05, 3.63) is 302 Å². The number of rotatable bonds is 11. The van der Waals surface area contributed by atoms with Gasteiger partial charge in [-0.05, 0) is 105 Å². The van der Waals surface area contributed by atoms with Gasteiger partial charge in [0.25, 0.3) is 0 Å². The molecule has 0 fully saturated rings. The second-order valence-corrected chi connectivity index (χ2v) is 20.3. The Labute approximate surface area is 459 Å². The van der Waals surface area contributed by atoms with Crippen LogP contribution in [0.3, 0.4) is 0 Å². The summed E-state index contributed by atoms with van der Waals surface area (Å²) in [6.45, 7) is 0. The minimum Gasteiger partial charge on any atom is -0.312 e. The highest BCUT2D eigenvalue weighted by Crippen LogP contribution is 2.50. The van der Waals surface area contributed by atoms with Crippen molar-refractivity contribution in [2.45, 2.75) is 24.7 Å². The van der Waals surface area contributed by atoms with Crippen LogP contribution in [-0.2, 0) is 0 Å². The van der Waals surface area contributed by atoms with E-state index in [1.165, 1.54) is 44.3 Å². The molecule has 2 aliphatic carbocycles. The Hall–Kier alpha value is -10.2. The number of nitrogens with zero attached hydrogens (tertiary/aromatic N) is 6. The van der Waals surface area contributed by atoms with Crippen LogP contribution in [0.2, 0.25) is 0 Å². The SMILES string of the molecule is C1=CCC(c2ccc(C3CC(c4nc(-c5ccc(-c6ccccc6)cn5)nc(-c5ccc(-c6ccccc6)cn5)n4)=CC(c4ccc(-c5ccccc5)cc4)=C3n3c4ccccc4c4cc(-c5ccccc5)ccc43)cc2)C=C1. The maximum Gasteiger partial charge on any atom is 0.182 e. The molecule has 12 aromatic rings. The molecule has 0 saturated heterocycles. The molecule has 0 saturated carbocycles.